The van der Waals surface area contributed by atoms with Crippen molar-refractivity contribution in [2.24, 2.45) is 16.6 Å². The number of carbonyl (C=O) groups is 1. The summed E-state index contributed by atoms with van der Waals surface area (Å²) in [5.74, 6) is 1.25. The fourth-order valence-electron chi connectivity index (χ4n) is 2.63. The van der Waals surface area contributed by atoms with Crippen molar-refractivity contribution in [3.63, 3.8) is 0 Å². The van der Waals surface area contributed by atoms with Crippen molar-refractivity contribution in [3.05, 3.63) is 29.8 Å². The number of ether oxygens (including phenoxy) is 1. The minimum Gasteiger partial charge on any atom is -0.444 e. The maximum Gasteiger partial charge on any atom is 0.407 e. The first-order valence-corrected chi connectivity index (χ1v) is 9.30. The molecule has 1 atom stereocenters. The van der Waals surface area contributed by atoms with Gasteiger partial charge in [0, 0.05) is 5.69 Å². The SMILES string of the molecule is CC(C)c1cccc(NC(N)=NCC(NC(=O)OC(C)(C)C)C2CC2)c1. The molecule has 1 aromatic rings. The van der Waals surface area contributed by atoms with Crippen molar-refractivity contribution < 1.29 is 9.53 Å². The van der Waals surface area contributed by atoms with Crippen molar-refractivity contribution >= 4 is 17.7 Å². The number of anilines is 1. The summed E-state index contributed by atoms with van der Waals surface area (Å²) in [6.45, 7) is 10.3. The van der Waals surface area contributed by atoms with E-state index in [1.54, 1.807) is 0 Å². The Bertz CT molecular complexity index is 645. The van der Waals surface area contributed by atoms with Crippen molar-refractivity contribution in [3.8, 4) is 0 Å². The molecule has 1 fully saturated rings. The van der Waals surface area contributed by atoms with Gasteiger partial charge in [-0.2, -0.15) is 0 Å². The smallest absolute Gasteiger partial charge is 0.407 e. The quantitative estimate of drug-likeness (QED) is 0.531. The highest BCUT2D eigenvalue weighted by Gasteiger charge is 2.33. The number of rotatable bonds is 6. The molecule has 1 aliphatic rings. The van der Waals surface area contributed by atoms with Crippen LogP contribution in [0.15, 0.2) is 29.3 Å². The normalized spacial score (nSPS) is 16.3. The number of amides is 1. The van der Waals surface area contributed by atoms with Gasteiger partial charge in [0.05, 0.1) is 12.6 Å². The standard InChI is InChI=1S/C20H32N4O2/c1-13(2)15-7-6-8-16(11-15)23-18(21)22-12-17(14-9-10-14)24-19(25)26-20(3,4)5/h6-8,11,13-14,17H,9-10,12H2,1-5H3,(H,24,25)(H3,21,22,23). The summed E-state index contributed by atoms with van der Waals surface area (Å²) >= 11 is 0. The van der Waals surface area contributed by atoms with Crippen LogP contribution in [0.2, 0.25) is 0 Å². The third-order valence-electron chi connectivity index (χ3n) is 4.18. The van der Waals surface area contributed by atoms with Gasteiger partial charge in [-0.05, 0) is 63.1 Å². The first-order valence-electron chi connectivity index (χ1n) is 9.30. The molecule has 0 saturated heterocycles. The van der Waals surface area contributed by atoms with E-state index in [4.69, 9.17) is 10.5 Å². The van der Waals surface area contributed by atoms with E-state index in [0.717, 1.165) is 18.5 Å². The van der Waals surface area contributed by atoms with E-state index in [1.807, 2.05) is 32.9 Å². The second kappa shape index (κ2) is 8.43. The number of nitrogens with one attached hydrogen (secondary N) is 2. The number of hydrogen-bond acceptors (Lipinski definition) is 3. The van der Waals surface area contributed by atoms with Crippen LogP contribution in [0, 0.1) is 5.92 Å². The average molecular weight is 361 g/mol. The van der Waals surface area contributed by atoms with Crippen LogP contribution < -0.4 is 16.4 Å². The Hall–Kier alpha value is -2.24. The molecule has 0 aromatic heterocycles. The largest absolute Gasteiger partial charge is 0.444 e. The number of nitrogens with zero attached hydrogens (tertiary/aromatic N) is 1. The second-order valence-electron chi connectivity index (χ2n) is 8.22. The maximum atomic E-state index is 12.0. The molecule has 2 rings (SSSR count). The summed E-state index contributed by atoms with van der Waals surface area (Å²) in [6, 6.07) is 8.09. The molecule has 0 bridgehead atoms. The van der Waals surface area contributed by atoms with Gasteiger partial charge < -0.3 is 21.1 Å². The molecule has 0 spiro atoms. The van der Waals surface area contributed by atoms with E-state index in [9.17, 15) is 4.79 Å². The lowest BCUT2D eigenvalue weighted by Crippen LogP contribution is -2.42. The van der Waals surface area contributed by atoms with Crippen molar-refractivity contribution in [2.75, 3.05) is 11.9 Å². The van der Waals surface area contributed by atoms with E-state index < -0.39 is 11.7 Å². The summed E-state index contributed by atoms with van der Waals surface area (Å²) in [6.07, 6.45) is 1.79. The van der Waals surface area contributed by atoms with Crippen LogP contribution in [-0.4, -0.2) is 30.2 Å². The first-order chi connectivity index (χ1) is 12.1. The molecular formula is C20H32N4O2. The summed E-state index contributed by atoms with van der Waals surface area (Å²) in [4.78, 5) is 16.4. The number of nitrogens with two attached hydrogens (primary N) is 1. The molecule has 0 heterocycles. The fourth-order valence-corrected chi connectivity index (χ4v) is 2.63. The van der Waals surface area contributed by atoms with Crippen LogP contribution in [-0.2, 0) is 4.74 Å². The van der Waals surface area contributed by atoms with E-state index in [0.29, 0.717) is 24.3 Å². The van der Waals surface area contributed by atoms with Gasteiger partial charge in [0.2, 0.25) is 0 Å². The summed E-state index contributed by atoms with van der Waals surface area (Å²) in [5, 5.41) is 6.05. The van der Waals surface area contributed by atoms with Gasteiger partial charge in [-0.3, -0.25) is 4.99 Å². The zero-order valence-electron chi connectivity index (χ0n) is 16.5. The lowest BCUT2D eigenvalue weighted by molar-refractivity contribution is 0.0500. The molecule has 1 amide bonds. The number of alkyl carbamates (subject to hydrolysis) is 1. The van der Waals surface area contributed by atoms with Gasteiger partial charge in [-0.1, -0.05) is 26.0 Å². The molecule has 1 saturated carbocycles. The first kappa shape index (κ1) is 20.1. The van der Waals surface area contributed by atoms with Crippen LogP contribution in [0.25, 0.3) is 0 Å². The monoisotopic (exact) mass is 360 g/mol. The Morgan fingerprint density at radius 3 is 2.62 bits per heavy atom. The highest BCUT2D eigenvalue weighted by molar-refractivity contribution is 5.92. The molecular weight excluding hydrogens is 328 g/mol. The Labute approximate surface area is 156 Å². The predicted molar refractivity (Wildman–Crippen MR) is 107 cm³/mol. The zero-order chi connectivity index (χ0) is 19.3. The predicted octanol–water partition coefficient (Wildman–Crippen LogP) is 3.84. The second-order valence-corrected chi connectivity index (χ2v) is 8.22. The van der Waals surface area contributed by atoms with Gasteiger partial charge in [-0.15, -0.1) is 0 Å². The zero-order valence-corrected chi connectivity index (χ0v) is 16.5. The van der Waals surface area contributed by atoms with E-state index in [1.165, 1.54) is 5.56 Å². The van der Waals surface area contributed by atoms with Crippen molar-refractivity contribution in [1.29, 1.82) is 0 Å². The highest BCUT2D eigenvalue weighted by atomic mass is 16.6. The maximum absolute atomic E-state index is 12.0. The summed E-state index contributed by atoms with van der Waals surface area (Å²) in [5.41, 5.74) is 7.68. The molecule has 144 valence electrons. The van der Waals surface area contributed by atoms with Crippen LogP contribution in [0.4, 0.5) is 10.5 Å². The minimum absolute atomic E-state index is 0.0489. The lowest BCUT2D eigenvalue weighted by Gasteiger charge is -2.23. The van der Waals surface area contributed by atoms with Gasteiger partial charge >= 0.3 is 6.09 Å². The highest BCUT2D eigenvalue weighted by Crippen LogP contribution is 2.33. The molecule has 6 nitrogen and oxygen atoms in total. The van der Waals surface area contributed by atoms with Gasteiger partial charge in [-0.25, -0.2) is 4.79 Å². The molecule has 0 aliphatic heterocycles. The van der Waals surface area contributed by atoms with Gasteiger partial charge in [0.1, 0.15) is 5.60 Å². The molecule has 1 aliphatic carbocycles. The Morgan fingerprint density at radius 2 is 2.04 bits per heavy atom. The molecule has 0 radical (unpaired) electrons. The number of aliphatic imine (C=N–C) groups is 1. The van der Waals surface area contributed by atoms with Crippen LogP contribution >= 0.6 is 0 Å². The Balaban J connectivity index is 1.92. The van der Waals surface area contributed by atoms with Gasteiger partial charge in [0.25, 0.3) is 0 Å². The van der Waals surface area contributed by atoms with E-state index >= 15 is 0 Å². The van der Waals surface area contributed by atoms with Crippen LogP contribution in [0.5, 0.6) is 0 Å². The molecule has 6 heteroatoms. The summed E-state index contributed by atoms with van der Waals surface area (Å²) in [7, 11) is 0. The number of benzene rings is 1. The molecule has 4 N–H and O–H groups in total. The van der Waals surface area contributed by atoms with Crippen LogP contribution in [0.1, 0.15) is 58.9 Å². The number of hydrogen-bond donors (Lipinski definition) is 3. The van der Waals surface area contributed by atoms with Crippen LogP contribution in [0.3, 0.4) is 0 Å². The molecule has 1 unspecified atom stereocenters. The van der Waals surface area contributed by atoms with Gasteiger partial charge in [0.15, 0.2) is 5.96 Å². The topological polar surface area (TPSA) is 88.7 Å². The fraction of sp³-hybridized carbons (Fsp3) is 0.600. The Morgan fingerprint density at radius 1 is 1.35 bits per heavy atom. The number of guanidine groups is 1. The average Bonchev–Trinajstić information content (AvgIpc) is 3.34. The van der Waals surface area contributed by atoms with E-state index in [2.05, 4.69) is 41.6 Å². The van der Waals surface area contributed by atoms with E-state index in [-0.39, 0.29) is 6.04 Å². The van der Waals surface area contributed by atoms with Crippen molar-refractivity contribution in [1.82, 2.24) is 5.32 Å². The third kappa shape index (κ3) is 6.94. The number of carbonyl (C=O) groups excluding carboxylic acids is 1. The molecule has 1 aromatic carbocycles. The molecule has 26 heavy (non-hydrogen) atoms. The Kier molecular flexibility index (Phi) is 6.51. The lowest BCUT2D eigenvalue weighted by atomic mass is 10.0. The van der Waals surface area contributed by atoms with Crippen molar-refractivity contribution in [2.45, 2.75) is 65.0 Å². The third-order valence-corrected chi connectivity index (χ3v) is 4.18. The minimum atomic E-state index is -0.510. The summed E-state index contributed by atoms with van der Waals surface area (Å²) < 4.78 is 5.34.